The molecule has 0 saturated carbocycles. The van der Waals surface area contributed by atoms with Gasteiger partial charge in [0.1, 0.15) is 11.9 Å². The van der Waals surface area contributed by atoms with Gasteiger partial charge in [-0.05, 0) is 42.3 Å². The van der Waals surface area contributed by atoms with Gasteiger partial charge in [-0.3, -0.25) is 4.90 Å². The summed E-state index contributed by atoms with van der Waals surface area (Å²) in [6.45, 7) is 3.36. The highest BCUT2D eigenvalue weighted by Crippen LogP contribution is 2.20. The van der Waals surface area contributed by atoms with Gasteiger partial charge in [0.2, 0.25) is 0 Å². The van der Waals surface area contributed by atoms with E-state index in [1.54, 1.807) is 13.0 Å². The minimum atomic E-state index is -0.485. The van der Waals surface area contributed by atoms with Crippen LogP contribution in [-0.2, 0) is 11.4 Å². The van der Waals surface area contributed by atoms with Crippen molar-refractivity contribution in [3.63, 3.8) is 0 Å². The van der Waals surface area contributed by atoms with E-state index in [1.807, 2.05) is 30.3 Å². The van der Waals surface area contributed by atoms with Crippen molar-refractivity contribution in [2.24, 2.45) is 5.16 Å². The molecule has 0 fully saturated rings. The van der Waals surface area contributed by atoms with E-state index in [0.717, 1.165) is 16.8 Å². The molecule has 0 spiro atoms. The Balaban J connectivity index is 1.62. The highest BCUT2D eigenvalue weighted by Gasteiger charge is 2.25. The molecule has 0 amide bonds. The van der Waals surface area contributed by atoms with E-state index in [1.165, 1.54) is 12.1 Å². The van der Waals surface area contributed by atoms with Gasteiger partial charge in [0.05, 0.1) is 11.8 Å². The number of halogens is 2. The third kappa shape index (κ3) is 5.27. The first-order valence-corrected chi connectivity index (χ1v) is 9.01. The fourth-order valence-electron chi connectivity index (χ4n) is 3.10. The van der Waals surface area contributed by atoms with Crippen LogP contribution in [0.2, 0.25) is 5.02 Å². The van der Waals surface area contributed by atoms with Gasteiger partial charge in [0.15, 0.2) is 0 Å². The summed E-state index contributed by atoms with van der Waals surface area (Å²) in [5.41, 5.74) is 2.74. The second-order valence-corrected chi connectivity index (χ2v) is 7.09. The Kier molecular flexibility index (Phi) is 6.25. The molecule has 0 saturated heterocycles. The van der Waals surface area contributed by atoms with E-state index < -0.39 is 6.10 Å². The Morgan fingerprint density at radius 2 is 2.08 bits per heavy atom. The van der Waals surface area contributed by atoms with Crippen molar-refractivity contribution in [3.8, 4) is 0 Å². The van der Waals surface area contributed by atoms with Crippen molar-refractivity contribution in [2.45, 2.75) is 32.1 Å². The molecule has 1 aliphatic rings. The number of rotatable bonds is 7. The third-order valence-corrected chi connectivity index (χ3v) is 4.44. The smallest absolute Gasteiger partial charge is 0.145 e. The van der Waals surface area contributed by atoms with Gasteiger partial charge in [-0.2, -0.15) is 0 Å². The topological polar surface area (TPSA) is 45.1 Å². The van der Waals surface area contributed by atoms with E-state index in [2.05, 4.69) is 10.1 Å². The van der Waals surface area contributed by atoms with Crippen LogP contribution >= 0.6 is 11.6 Å². The first-order valence-electron chi connectivity index (χ1n) is 8.63. The van der Waals surface area contributed by atoms with E-state index in [9.17, 15) is 9.50 Å². The molecule has 6 heteroatoms. The maximum absolute atomic E-state index is 13.4. The molecule has 26 heavy (non-hydrogen) atoms. The molecule has 0 bridgehead atoms. The zero-order valence-corrected chi connectivity index (χ0v) is 15.4. The maximum Gasteiger partial charge on any atom is 0.145 e. The average molecular weight is 377 g/mol. The normalized spacial score (nSPS) is 17.9. The van der Waals surface area contributed by atoms with Gasteiger partial charge in [0.25, 0.3) is 0 Å². The summed E-state index contributed by atoms with van der Waals surface area (Å²) in [6.07, 6.45) is 0.0933. The van der Waals surface area contributed by atoms with Crippen LogP contribution in [0.5, 0.6) is 0 Å². The van der Waals surface area contributed by atoms with Gasteiger partial charge in [-0.1, -0.05) is 41.0 Å². The van der Waals surface area contributed by atoms with Crippen LogP contribution in [0.15, 0.2) is 53.7 Å². The third-order valence-electron chi connectivity index (χ3n) is 4.19. The van der Waals surface area contributed by atoms with Crippen LogP contribution in [-0.4, -0.2) is 41.0 Å². The van der Waals surface area contributed by atoms with Crippen molar-refractivity contribution in [1.29, 1.82) is 0 Å². The highest BCUT2D eigenvalue weighted by atomic mass is 35.5. The number of aliphatic hydroxyl groups excluding tert-OH is 1. The lowest BCUT2D eigenvalue weighted by molar-refractivity contribution is 0.0351. The van der Waals surface area contributed by atoms with E-state index in [4.69, 9.17) is 16.4 Å². The molecular weight excluding hydrogens is 355 g/mol. The molecule has 0 aromatic heterocycles. The predicted molar refractivity (Wildman–Crippen MR) is 101 cm³/mol. The standard InChI is InChI=1S/C20H22ClFN2O2/c1-14(25)11-24(12-15-3-2-4-18(22)9-15)13-19-10-20(23-26-19)16-5-7-17(21)8-6-16/h2-9,14,19,25H,10-13H2,1H3/t14-,19+/m1/s1. The molecule has 138 valence electrons. The lowest BCUT2D eigenvalue weighted by Gasteiger charge is -2.25. The molecule has 1 aliphatic heterocycles. The van der Waals surface area contributed by atoms with Gasteiger partial charge in [-0.25, -0.2) is 4.39 Å². The molecule has 2 aromatic rings. The second kappa shape index (κ2) is 8.62. The minimum Gasteiger partial charge on any atom is -0.392 e. The lowest BCUT2D eigenvalue weighted by Crippen LogP contribution is -2.37. The van der Waals surface area contributed by atoms with Gasteiger partial charge in [-0.15, -0.1) is 0 Å². The summed E-state index contributed by atoms with van der Waals surface area (Å²) in [5, 5.41) is 14.7. The summed E-state index contributed by atoms with van der Waals surface area (Å²) < 4.78 is 13.4. The monoisotopic (exact) mass is 376 g/mol. The van der Waals surface area contributed by atoms with E-state index in [-0.39, 0.29) is 11.9 Å². The van der Waals surface area contributed by atoms with Crippen LogP contribution in [0.4, 0.5) is 4.39 Å². The average Bonchev–Trinajstić information content (AvgIpc) is 3.03. The van der Waals surface area contributed by atoms with Crippen molar-refractivity contribution >= 4 is 17.3 Å². The molecule has 0 unspecified atom stereocenters. The zero-order valence-electron chi connectivity index (χ0n) is 14.6. The molecule has 0 aliphatic carbocycles. The fraction of sp³-hybridized carbons (Fsp3) is 0.350. The van der Waals surface area contributed by atoms with Crippen molar-refractivity contribution < 1.29 is 14.3 Å². The number of benzene rings is 2. The lowest BCUT2D eigenvalue weighted by atomic mass is 10.0. The van der Waals surface area contributed by atoms with Crippen molar-refractivity contribution in [1.82, 2.24) is 4.90 Å². The highest BCUT2D eigenvalue weighted by molar-refractivity contribution is 6.30. The summed E-state index contributed by atoms with van der Waals surface area (Å²) in [5.74, 6) is -0.259. The number of aliphatic hydroxyl groups is 1. The summed E-state index contributed by atoms with van der Waals surface area (Å²) in [7, 11) is 0. The summed E-state index contributed by atoms with van der Waals surface area (Å²) in [6, 6.07) is 14.0. The quantitative estimate of drug-likeness (QED) is 0.798. The molecule has 2 aromatic carbocycles. The number of hydrogen-bond acceptors (Lipinski definition) is 4. The summed E-state index contributed by atoms with van der Waals surface area (Å²) >= 11 is 5.92. The maximum atomic E-state index is 13.4. The first-order chi connectivity index (χ1) is 12.5. The molecular formula is C20H22ClFN2O2. The Hall–Kier alpha value is -1.95. The summed E-state index contributed by atoms with van der Waals surface area (Å²) in [4.78, 5) is 7.64. The molecule has 3 rings (SSSR count). The van der Waals surface area contributed by atoms with Gasteiger partial charge in [0, 0.05) is 31.1 Å². The van der Waals surface area contributed by atoms with Gasteiger partial charge >= 0.3 is 0 Å². The number of hydrogen-bond donors (Lipinski definition) is 1. The Labute approximate surface area is 157 Å². The Morgan fingerprint density at radius 1 is 1.31 bits per heavy atom. The second-order valence-electron chi connectivity index (χ2n) is 6.65. The molecule has 2 atom stereocenters. The molecule has 0 radical (unpaired) electrons. The Bertz CT molecular complexity index is 765. The van der Waals surface area contributed by atoms with E-state index >= 15 is 0 Å². The Morgan fingerprint density at radius 3 is 2.77 bits per heavy atom. The fourth-order valence-corrected chi connectivity index (χ4v) is 3.22. The van der Waals surface area contributed by atoms with E-state index in [0.29, 0.717) is 31.1 Å². The first kappa shape index (κ1) is 18.8. The van der Waals surface area contributed by atoms with Gasteiger partial charge < -0.3 is 9.94 Å². The zero-order chi connectivity index (χ0) is 18.5. The minimum absolute atomic E-state index is 0.104. The molecule has 4 nitrogen and oxygen atoms in total. The van der Waals surface area contributed by atoms with Crippen LogP contribution in [0, 0.1) is 5.82 Å². The molecule has 1 N–H and O–H groups in total. The van der Waals surface area contributed by atoms with Crippen LogP contribution < -0.4 is 0 Å². The number of oxime groups is 1. The SMILES string of the molecule is C[C@@H](O)CN(Cc1cccc(F)c1)C[C@@H]1CC(c2ccc(Cl)cc2)=NO1. The number of nitrogens with zero attached hydrogens (tertiary/aromatic N) is 2. The predicted octanol–water partition coefficient (Wildman–Crippen LogP) is 3.86. The van der Waals surface area contributed by atoms with Crippen LogP contribution in [0.25, 0.3) is 0 Å². The molecule has 1 heterocycles. The van der Waals surface area contributed by atoms with Crippen molar-refractivity contribution in [3.05, 3.63) is 70.5 Å². The largest absolute Gasteiger partial charge is 0.392 e. The van der Waals surface area contributed by atoms with Crippen LogP contribution in [0.1, 0.15) is 24.5 Å². The van der Waals surface area contributed by atoms with Crippen LogP contribution in [0.3, 0.4) is 0 Å². The van der Waals surface area contributed by atoms with Crippen molar-refractivity contribution in [2.75, 3.05) is 13.1 Å².